The average molecular weight is 328 g/mol. The molecule has 0 N–H and O–H groups in total. The Labute approximate surface area is 133 Å². The highest BCUT2D eigenvalue weighted by Crippen LogP contribution is 2.37. The van der Waals surface area contributed by atoms with E-state index in [9.17, 15) is 10.1 Å². The summed E-state index contributed by atoms with van der Waals surface area (Å²) in [6.45, 7) is 5.87. The normalized spacial score (nSPS) is 9.57. The highest BCUT2D eigenvalue weighted by molar-refractivity contribution is 6.37. The number of hydrogen-bond acceptors (Lipinski definition) is 3. The minimum Gasteiger partial charge on any atom is -0.454 e. The molecule has 0 bridgehead atoms. The van der Waals surface area contributed by atoms with Crippen LogP contribution in [0.2, 0.25) is 10.0 Å². The number of nitrogens with zero attached hydrogens (tertiary/aromatic N) is 1. The van der Waals surface area contributed by atoms with Crippen LogP contribution in [0.1, 0.15) is 19.4 Å². The van der Waals surface area contributed by atoms with Gasteiger partial charge in [-0.15, -0.1) is 0 Å². The van der Waals surface area contributed by atoms with Gasteiger partial charge in [0, 0.05) is 12.1 Å². The summed E-state index contributed by atoms with van der Waals surface area (Å²) >= 11 is 12.1. The van der Waals surface area contributed by atoms with Crippen molar-refractivity contribution >= 4 is 28.9 Å². The van der Waals surface area contributed by atoms with Crippen molar-refractivity contribution in [1.82, 2.24) is 0 Å². The zero-order chi connectivity index (χ0) is 16.0. The maximum atomic E-state index is 10.5. The van der Waals surface area contributed by atoms with Gasteiger partial charge in [0.05, 0.1) is 15.0 Å². The summed E-state index contributed by atoms with van der Waals surface area (Å²) in [5, 5.41) is 11.3. The third kappa shape index (κ3) is 4.62. The van der Waals surface area contributed by atoms with E-state index in [1.54, 1.807) is 12.1 Å². The number of halogens is 2. The molecular formula is C15H15Cl2NO3. The van der Waals surface area contributed by atoms with Gasteiger partial charge in [-0.2, -0.15) is 0 Å². The van der Waals surface area contributed by atoms with Crippen LogP contribution in [0.5, 0.6) is 11.5 Å². The molecule has 0 fully saturated rings. The van der Waals surface area contributed by atoms with E-state index in [1.165, 1.54) is 24.3 Å². The third-order valence-corrected chi connectivity index (χ3v) is 2.97. The second-order valence-electron chi connectivity index (χ2n) is 3.91. The molecule has 0 atom stereocenters. The van der Waals surface area contributed by atoms with Gasteiger partial charge >= 0.3 is 0 Å². The summed E-state index contributed by atoms with van der Waals surface area (Å²) in [6, 6.07) is 9.15. The molecule has 0 aliphatic rings. The lowest BCUT2D eigenvalue weighted by Gasteiger charge is -2.10. The van der Waals surface area contributed by atoms with Crippen LogP contribution in [-0.2, 0) is 0 Å². The van der Waals surface area contributed by atoms with Gasteiger partial charge in [-0.1, -0.05) is 37.0 Å². The molecule has 0 amide bonds. The first-order valence-electron chi connectivity index (χ1n) is 6.35. The molecule has 0 radical (unpaired) electrons. The maximum absolute atomic E-state index is 10.5. The third-order valence-electron chi connectivity index (χ3n) is 2.41. The minimum atomic E-state index is -0.477. The molecule has 6 heteroatoms. The van der Waals surface area contributed by atoms with Crippen molar-refractivity contribution < 1.29 is 9.66 Å². The van der Waals surface area contributed by atoms with Crippen LogP contribution in [0, 0.1) is 17.0 Å². The number of benzene rings is 2. The lowest BCUT2D eigenvalue weighted by atomic mass is 10.2. The molecule has 0 aliphatic carbocycles. The van der Waals surface area contributed by atoms with Crippen molar-refractivity contribution in [2.45, 2.75) is 20.8 Å². The molecule has 0 unspecified atom stereocenters. The molecule has 2 aromatic rings. The first-order chi connectivity index (χ1) is 9.97. The predicted octanol–water partition coefficient (Wildman–Crippen LogP) is 6.03. The summed E-state index contributed by atoms with van der Waals surface area (Å²) in [7, 11) is 0. The number of rotatable bonds is 3. The highest BCUT2D eigenvalue weighted by Gasteiger charge is 2.11. The number of nitro groups is 1. The van der Waals surface area contributed by atoms with Crippen LogP contribution in [0.4, 0.5) is 5.69 Å². The Balaban J connectivity index is 0.00000106. The molecule has 0 aromatic heterocycles. The van der Waals surface area contributed by atoms with Crippen molar-refractivity contribution in [2.24, 2.45) is 0 Å². The summed E-state index contributed by atoms with van der Waals surface area (Å²) in [5.74, 6) is 0.765. The van der Waals surface area contributed by atoms with Crippen LogP contribution < -0.4 is 4.74 Å². The lowest BCUT2D eigenvalue weighted by Crippen LogP contribution is -1.90. The number of ether oxygens (including phenoxy) is 1. The number of non-ortho nitro benzene ring substituents is 1. The SMILES string of the molecule is CC.Cc1cc(Cl)c(Oc2ccc([N+](=O)[O-])cc2)c(Cl)c1. The molecule has 112 valence electrons. The Morgan fingerprint density at radius 1 is 1.05 bits per heavy atom. The van der Waals surface area contributed by atoms with E-state index in [0.29, 0.717) is 21.5 Å². The van der Waals surface area contributed by atoms with Gasteiger partial charge in [-0.3, -0.25) is 10.1 Å². The van der Waals surface area contributed by atoms with Gasteiger partial charge in [-0.25, -0.2) is 0 Å². The van der Waals surface area contributed by atoms with Gasteiger partial charge < -0.3 is 4.74 Å². The Bertz CT molecular complexity index is 604. The van der Waals surface area contributed by atoms with Gasteiger partial charge in [0.25, 0.3) is 5.69 Å². The Morgan fingerprint density at radius 2 is 1.52 bits per heavy atom. The van der Waals surface area contributed by atoms with Crippen LogP contribution >= 0.6 is 23.2 Å². The van der Waals surface area contributed by atoms with Crippen molar-refractivity contribution in [3.05, 3.63) is 62.1 Å². The van der Waals surface area contributed by atoms with E-state index < -0.39 is 4.92 Å². The summed E-state index contributed by atoms with van der Waals surface area (Å²) in [4.78, 5) is 10.1. The second kappa shape index (κ2) is 7.86. The topological polar surface area (TPSA) is 52.4 Å². The first kappa shape index (κ1) is 17.3. The number of nitro benzene ring substituents is 1. The minimum absolute atomic E-state index is 0.00606. The smallest absolute Gasteiger partial charge is 0.269 e. The quantitative estimate of drug-likeness (QED) is 0.511. The van der Waals surface area contributed by atoms with E-state index in [1.807, 2.05) is 20.8 Å². The Kier molecular flexibility index (Phi) is 6.46. The van der Waals surface area contributed by atoms with Crippen molar-refractivity contribution in [3.8, 4) is 11.5 Å². The van der Waals surface area contributed by atoms with Crippen LogP contribution in [-0.4, -0.2) is 4.92 Å². The van der Waals surface area contributed by atoms with Crippen molar-refractivity contribution in [3.63, 3.8) is 0 Å². The van der Waals surface area contributed by atoms with E-state index >= 15 is 0 Å². The van der Waals surface area contributed by atoms with E-state index in [-0.39, 0.29) is 5.69 Å². The fourth-order valence-electron chi connectivity index (χ4n) is 1.54. The number of aryl methyl sites for hydroxylation is 1. The maximum Gasteiger partial charge on any atom is 0.269 e. The largest absolute Gasteiger partial charge is 0.454 e. The predicted molar refractivity (Wildman–Crippen MR) is 85.7 cm³/mol. The monoisotopic (exact) mass is 327 g/mol. The molecule has 0 saturated heterocycles. The highest BCUT2D eigenvalue weighted by atomic mass is 35.5. The lowest BCUT2D eigenvalue weighted by molar-refractivity contribution is -0.384. The van der Waals surface area contributed by atoms with Crippen LogP contribution in [0.15, 0.2) is 36.4 Å². The zero-order valence-corrected chi connectivity index (χ0v) is 13.4. The van der Waals surface area contributed by atoms with E-state index in [0.717, 1.165) is 5.56 Å². The van der Waals surface area contributed by atoms with Gasteiger partial charge in [-0.05, 0) is 36.8 Å². The molecule has 2 aromatic carbocycles. The fourth-order valence-corrected chi connectivity index (χ4v) is 2.21. The Morgan fingerprint density at radius 3 is 1.95 bits per heavy atom. The van der Waals surface area contributed by atoms with Crippen LogP contribution in [0.25, 0.3) is 0 Å². The molecule has 0 aliphatic heterocycles. The fraction of sp³-hybridized carbons (Fsp3) is 0.200. The molecule has 2 rings (SSSR count). The standard InChI is InChI=1S/C13H9Cl2NO3.C2H6/c1-8-6-11(14)13(12(15)7-8)19-10-4-2-9(3-5-10)16(17)18;1-2/h2-7H,1H3;1-2H3. The van der Waals surface area contributed by atoms with E-state index in [2.05, 4.69) is 0 Å². The summed E-state index contributed by atoms with van der Waals surface area (Å²) < 4.78 is 5.54. The number of hydrogen-bond donors (Lipinski definition) is 0. The molecule has 21 heavy (non-hydrogen) atoms. The summed E-state index contributed by atoms with van der Waals surface area (Å²) in [5.41, 5.74) is 0.916. The molecule has 0 saturated carbocycles. The van der Waals surface area contributed by atoms with Gasteiger partial charge in [0.2, 0.25) is 0 Å². The van der Waals surface area contributed by atoms with Gasteiger partial charge in [0.1, 0.15) is 5.75 Å². The van der Waals surface area contributed by atoms with Crippen molar-refractivity contribution in [1.29, 1.82) is 0 Å². The Hall–Kier alpha value is -1.78. The molecular weight excluding hydrogens is 313 g/mol. The van der Waals surface area contributed by atoms with Crippen molar-refractivity contribution in [2.75, 3.05) is 0 Å². The molecule has 0 heterocycles. The van der Waals surface area contributed by atoms with E-state index in [4.69, 9.17) is 27.9 Å². The zero-order valence-electron chi connectivity index (χ0n) is 11.9. The summed E-state index contributed by atoms with van der Waals surface area (Å²) in [6.07, 6.45) is 0. The average Bonchev–Trinajstić information content (AvgIpc) is 2.45. The second-order valence-corrected chi connectivity index (χ2v) is 4.73. The molecule has 4 nitrogen and oxygen atoms in total. The van der Waals surface area contributed by atoms with Gasteiger partial charge in [0.15, 0.2) is 5.75 Å². The molecule has 0 spiro atoms. The first-order valence-corrected chi connectivity index (χ1v) is 7.11. The van der Waals surface area contributed by atoms with Crippen LogP contribution in [0.3, 0.4) is 0 Å².